The number of nitrogens with one attached hydrogen (secondary N) is 2. The molecule has 0 fully saturated rings. The number of para-hydroxylation sites is 1. The maximum Gasteiger partial charge on any atom is 0.255 e. The lowest BCUT2D eigenvalue weighted by molar-refractivity contribution is -0.118. The fourth-order valence-electron chi connectivity index (χ4n) is 1.58. The van der Waals surface area contributed by atoms with Crippen molar-refractivity contribution >= 4 is 11.8 Å². The van der Waals surface area contributed by atoms with Crippen LogP contribution in [0, 0.1) is 0 Å². The smallest absolute Gasteiger partial charge is 0.255 e. The van der Waals surface area contributed by atoms with Gasteiger partial charge in [0.2, 0.25) is 5.91 Å². The van der Waals surface area contributed by atoms with Gasteiger partial charge in [0.1, 0.15) is 11.4 Å². The van der Waals surface area contributed by atoms with Crippen LogP contribution in [0.2, 0.25) is 0 Å². The van der Waals surface area contributed by atoms with Gasteiger partial charge in [-0.15, -0.1) is 0 Å². The van der Waals surface area contributed by atoms with Crippen LogP contribution in [0.1, 0.15) is 38.1 Å². The maximum absolute atomic E-state index is 12.1. The molecule has 0 spiro atoms. The highest BCUT2D eigenvalue weighted by Gasteiger charge is 2.17. The summed E-state index contributed by atoms with van der Waals surface area (Å²) < 4.78 is 5.77. The molecule has 0 saturated heterocycles. The van der Waals surface area contributed by atoms with E-state index in [1.165, 1.54) is 6.92 Å². The van der Waals surface area contributed by atoms with Crippen molar-refractivity contribution in [2.45, 2.75) is 33.3 Å². The van der Waals surface area contributed by atoms with Crippen molar-refractivity contribution in [1.82, 2.24) is 10.6 Å². The zero-order valence-electron chi connectivity index (χ0n) is 12.4. The Bertz CT molecular complexity index is 478. The molecule has 1 rings (SSSR count). The van der Waals surface area contributed by atoms with Crippen LogP contribution in [0.5, 0.6) is 5.75 Å². The first kappa shape index (κ1) is 16.0. The van der Waals surface area contributed by atoms with Gasteiger partial charge in [0.25, 0.3) is 5.91 Å². The molecule has 0 radical (unpaired) electrons. The molecular formula is C15H22N2O3. The SMILES string of the molecule is CC(=O)NCCNC(=O)c1ccccc1OC(C)(C)C. The largest absolute Gasteiger partial charge is 0.487 e. The Balaban J connectivity index is 2.65. The monoisotopic (exact) mass is 278 g/mol. The topological polar surface area (TPSA) is 67.4 Å². The second-order valence-electron chi connectivity index (χ2n) is 5.45. The van der Waals surface area contributed by atoms with Crippen molar-refractivity contribution < 1.29 is 14.3 Å². The lowest BCUT2D eigenvalue weighted by Crippen LogP contribution is -2.34. The molecule has 5 heteroatoms. The average Bonchev–Trinajstić information content (AvgIpc) is 2.33. The van der Waals surface area contributed by atoms with Crippen LogP contribution in [0.3, 0.4) is 0 Å². The summed E-state index contributed by atoms with van der Waals surface area (Å²) in [5.74, 6) is 0.225. The van der Waals surface area contributed by atoms with Gasteiger partial charge in [0.05, 0.1) is 5.56 Å². The fourth-order valence-corrected chi connectivity index (χ4v) is 1.58. The normalized spacial score (nSPS) is 10.8. The van der Waals surface area contributed by atoms with E-state index in [1.54, 1.807) is 18.2 Å². The summed E-state index contributed by atoms with van der Waals surface area (Å²) in [6, 6.07) is 7.11. The summed E-state index contributed by atoms with van der Waals surface area (Å²) >= 11 is 0. The molecule has 1 aromatic carbocycles. The number of hydrogen-bond acceptors (Lipinski definition) is 3. The molecule has 1 aromatic rings. The Kier molecular flexibility index (Phi) is 5.55. The van der Waals surface area contributed by atoms with Gasteiger partial charge in [-0.05, 0) is 32.9 Å². The molecule has 5 nitrogen and oxygen atoms in total. The van der Waals surface area contributed by atoms with Crippen LogP contribution < -0.4 is 15.4 Å². The van der Waals surface area contributed by atoms with E-state index in [2.05, 4.69) is 10.6 Å². The van der Waals surface area contributed by atoms with Crippen molar-refractivity contribution in [2.24, 2.45) is 0 Å². The first-order chi connectivity index (χ1) is 9.29. The number of carbonyl (C=O) groups excluding carboxylic acids is 2. The minimum Gasteiger partial charge on any atom is -0.487 e. The van der Waals surface area contributed by atoms with Crippen molar-refractivity contribution in [2.75, 3.05) is 13.1 Å². The molecule has 0 aliphatic heterocycles. The molecular weight excluding hydrogens is 256 g/mol. The molecule has 0 aliphatic rings. The van der Waals surface area contributed by atoms with E-state index in [0.29, 0.717) is 24.4 Å². The summed E-state index contributed by atoms with van der Waals surface area (Å²) in [7, 11) is 0. The van der Waals surface area contributed by atoms with Crippen molar-refractivity contribution in [3.63, 3.8) is 0 Å². The van der Waals surface area contributed by atoms with Crippen LogP contribution in [-0.4, -0.2) is 30.5 Å². The summed E-state index contributed by atoms with van der Waals surface area (Å²) in [6.07, 6.45) is 0. The third-order valence-corrected chi connectivity index (χ3v) is 2.33. The minimum atomic E-state index is -0.368. The van der Waals surface area contributed by atoms with E-state index in [0.717, 1.165) is 0 Å². The number of amides is 2. The first-order valence-electron chi connectivity index (χ1n) is 6.60. The third kappa shape index (κ3) is 5.73. The number of carbonyl (C=O) groups is 2. The number of ether oxygens (including phenoxy) is 1. The highest BCUT2D eigenvalue weighted by Crippen LogP contribution is 2.22. The van der Waals surface area contributed by atoms with Gasteiger partial charge in [-0.3, -0.25) is 9.59 Å². The maximum atomic E-state index is 12.1. The molecule has 0 bridgehead atoms. The summed E-state index contributed by atoms with van der Waals surface area (Å²) in [6.45, 7) is 8.01. The van der Waals surface area contributed by atoms with E-state index in [9.17, 15) is 9.59 Å². The van der Waals surface area contributed by atoms with Gasteiger partial charge < -0.3 is 15.4 Å². The van der Waals surface area contributed by atoms with E-state index in [-0.39, 0.29) is 17.4 Å². The van der Waals surface area contributed by atoms with E-state index < -0.39 is 0 Å². The molecule has 0 aliphatic carbocycles. The van der Waals surface area contributed by atoms with Crippen LogP contribution in [-0.2, 0) is 4.79 Å². The van der Waals surface area contributed by atoms with Crippen molar-refractivity contribution in [3.05, 3.63) is 29.8 Å². The second kappa shape index (κ2) is 6.93. The molecule has 110 valence electrons. The third-order valence-electron chi connectivity index (χ3n) is 2.33. The van der Waals surface area contributed by atoms with Crippen molar-refractivity contribution in [1.29, 1.82) is 0 Å². The van der Waals surface area contributed by atoms with Crippen molar-refractivity contribution in [3.8, 4) is 5.75 Å². The predicted octanol–water partition coefficient (Wildman–Crippen LogP) is 1.73. The summed E-state index contributed by atoms with van der Waals surface area (Å²) in [5.41, 5.74) is 0.122. The quantitative estimate of drug-likeness (QED) is 0.806. The van der Waals surface area contributed by atoms with E-state index in [4.69, 9.17) is 4.74 Å². The Morgan fingerprint density at radius 3 is 2.30 bits per heavy atom. The number of rotatable bonds is 5. The highest BCUT2D eigenvalue weighted by molar-refractivity contribution is 5.96. The molecule has 20 heavy (non-hydrogen) atoms. The van der Waals surface area contributed by atoms with Crippen LogP contribution in [0.25, 0.3) is 0 Å². The Labute approximate surface area is 119 Å². The van der Waals surface area contributed by atoms with Crippen LogP contribution in [0.4, 0.5) is 0 Å². The molecule has 0 unspecified atom stereocenters. The molecule has 0 aromatic heterocycles. The van der Waals surface area contributed by atoms with Gasteiger partial charge in [-0.25, -0.2) is 0 Å². The molecule has 0 heterocycles. The van der Waals surface area contributed by atoms with E-state index in [1.807, 2.05) is 26.8 Å². The minimum absolute atomic E-state index is 0.115. The summed E-state index contributed by atoms with van der Waals surface area (Å²) in [5, 5.41) is 5.37. The standard InChI is InChI=1S/C15H22N2O3/c1-11(18)16-9-10-17-14(19)12-7-5-6-8-13(12)20-15(2,3)4/h5-8H,9-10H2,1-4H3,(H,16,18)(H,17,19). The first-order valence-corrected chi connectivity index (χ1v) is 6.60. The van der Waals surface area contributed by atoms with E-state index >= 15 is 0 Å². The Morgan fingerprint density at radius 2 is 1.70 bits per heavy atom. The summed E-state index contributed by atoms with van der Waals surface area (Å²) in [4.78, 5) is 22.8. The average molecular weight is 278 g/mol. The van der Waals surface area contributed by atoms with Gasteiger partial charge >= 0.3 is 0 Å². The van der Waals surface area contributed by atoms with Gasteiger partial charge in [0, 0.05) is 20.0 Å². The van der Waals surface area contributed by atoms with Crippen LogP contribution >= 0.6 is 0 Å². The Hall–Kier alpha value is -2.04. The van der Waals surface area contributed by atoms with Gasteiger partial charge in [0.15, 0.2) is 0 Å². The van der Waals surface area contributed by atoms with Gasteiger partial charge in [-0.2, -0.15) is 0 Å². The lowest BCUT2D eigenvalue weighted by Gasteiger charge is -2.23. The van der Waals surface area contributed by atoms with Gasteiger partial charge in [-0.1, -0.05) is 12.1 Å². The molecule has 0 saturated carbocycles. The van der Waals surface area contributed by atoms with Crippen LogP contribution in [0.15, 0.2) is 24.3 Å². The molecule has 0 atom stereocenters. The fraction of sp³-hybridized carbons (Fsp3) is 0.467. The zero-order chi connectivity index (χ0) is 15.2. The lowest BCUT2D eigenvalue weighted by atomic mass is 10.1. The zero-order valence-corrected chi connectivity index (χ0v) is 12.4. The Morgan fingerprint density at radius 1 is 1.10 bits per heavy atom. The molecule has 2 N–H and O–H groups in total. The number of hydrogen-bond donors (Lipinski definition) is 2. The number of benzene rings is 1. The highest BCUT2D eigenvalue weighted by atomic mass is 16.5. The predicted molar refractivity (Wildman–Crippen MR) is 77.8 cm³/mol. The second-order valence-corrected chi connectivity index (χ2v) is 5.45. The molecule has 2 amide bonds.